The summed E-state index contributed by atoms with van der Waals surface area (Å²) >= 11 is 0. The van der Waals surface area contributed by atoms with Crippen LogP contribution in [0.4, 0.5) is 23.0 Å². The molecule has 0 fully saturated rings. The number of hydrogen-bond acceptors (Lipinski definition) is 11. The van der Waals surface area contributed by atoms with Gasteiger partial charge < -0.3 is 0 Å². The molecule has 4 N–H and O–H groups in total. The molecular weight excluding hydrogens is 426 g/mol. The molecule has 162 valence electrons. The lowest BCUT2D eigenvalue weighted by Crippen LogP contribution is -2.32. The number of pyridine rings is 1. The summed E-state index contributed by atoms with van der Waals surface area (Å²) in [4.78, 5) is 56.6. The van der Waals surface area contributed by atoms with E-state index in [-0.39, 0.29) is 11.3 Å². The molecule has 0 aliphatic carbocycles. The number of carbonyl (C=O) groups is 2. The van der Waals surface area contributed by atoms with Crippen LogP contribution in [0.2, 0.25) is 0 Å². The molecule has 15 nitrogen and oxygen atoms in total. The Morgan fingerprint density at radius 3 is 2.00 bits per heavy atom. The number of nitro groups is 2. The highest BCUT2D eigenvalue weighted by Gasteiger charge is 2.25. The van der Waals surface area contributed by atoms with Crippen LogP contribution in [-0.2, 0) is 0 Å². The second-order valence-corrected chi connectivity index (χ2v) is 5.82. The van der Waals surface area contributed by atoms with Gasteiger partial charge in [-0.05, 0) is 18.2 Å². The highest BCUT2D eigenvalue weighted by atomic mass is 16.6. The normalized spacial score (nSPS) is 10.0. The van der Waals surface area contributed by atoms with Crippen molar-refractivity contribution in [1.29, 1.82) is 0 Å². The molecule has 32 heavy (non-hydrogen) atoms. The molecule has 2 amide bonds. The van der Waals surface area contributed by atoms with E-state index in [1.54, 1.807) is 12.1 Å². The van der Waals surface area contributed by atoms with Crippen molar-refractivity contribution >= 4 is 34.8 Å². The molecule has 0 atom stereocenters. The first-order chi connectivity index (χ1) is 15.4. The van der Waals surface area contributed by atoms with Gasteiger partial charge in [0.1, 0.15) is 17.6 Å². The first-order valence-electron chi connectivity index (χ1n) is 8.65. The second-order valence-electron chi connectivity index (χ2n) is 5.82. The number of rotatable bonds is 8. The molecule has 1 aromatic carbocycles. The Balaban J connectivity index is 1.76. The van der Waals surface area contributed by atoms with E-state index < -0.39 is 44.7 Å². The zero-order valence-corrected chi connectivity index (χ0v) is 15.9. The predicted octanol–water partition coefficient (Wildman–Crippen LogP) is 1.20. The fourth-order valence-corrected chi connectivity index (χ4v) is 2.42. The van der Waals surface area contributed by atoms with Crippen LogP contribution in [0.5, 0.6) is 0 Å². The van der Waals surface area contributed by atoms with E-state index in [1.807, 2.05) is 0 Å². The van der Waals surface area contributed by atoms with Crippen LogP contribution in [0.3, 0.4) is 0 Å². The number of benzene rings is 1. The third kappa shape index (κ3) is 4.85. The highest BCUT2D eigenvalue weighted by molar-refractivity contribution is 5.98. The molecule has 2 heterocycles. The minimum atomic E-state index is -0.928. The third-order valence-corrected chi connectivity index (χ3v) is 3.84. The quantitative estimate of drug-likeness (QED) is 0.289. The van der Waals surface area contributed by atoms with Crippen molar-refractivity contribution in [2.45, 2.75) is 0 Å². The fraction of sp³-hybridized carbons (Fsp3) is 0. The average Bonchev–Trinajstić information content (AvgIpc) is 2.81. The lowest BCUT2D eigenvalue weighted by molar-refractivity contribution is -0.385. The van der Waals surface area contributed by atoms with Gasteiger partial charge in [0.25, 0.3) is 17.5 Å². The number of carbonyl (C=O) groups excluding carboxylic acids is 2. The monoisotopic (exact) mass is 439 g/mol. The van der Waals surface area contributed by atoms with Crippen molar-refractivity contribution in [3.8, 4) is 0 Å². The molecule has 0 aliphatic heterocycles. The second kappa shape index (κ2) is 9.53. The van der Waals surface area contributed by atoms with Gasteiger partial charge in [0.15, 0.2) is 0 Å². The number of aromatic nitrogens is 3. The van der Waals surface area contributed by atoms with E-state index in [2.05, 4.69) is 36.7 Å². The topological polar surface area (TPSA) is 207 Å². The summed E-state index contributed by atoms with van der Waals surface area (Å²) in [6, 6.07) is 9.76. The van der Waals surface area contributed by atoms with Crippen LogP contribution in [0.15, 0.2) is 55.0 Å². The van der Waals surface area contributed by atoms with Gasteiger partial charge in [0, 0.05) is 12.3 Å². The lowest BCUT2D eigenvalue weighted by Gasteiger charge is -2.11. The smallest absolute Gasteiger partial charge is 0.276 e. The molecule has 3 aromatic rings. The maximum Gasteiger partial charge on any atom is 0.356 e. The van der Waals surface area contributed by atoms with Crippen LogP contribution in [0.25, 0.3) is 0 Å². The Morgan fingerprint density at radius 2 is 1.41 bits per heavy atom. The maximum absolute atomic E-state index is 12.3. The van der Waals surface area contributed by atoms with Gasteiger partial charge in [-0.1, -0.05) is 18.2 Å². The summed E-state index contributed by atoms with van der Waals surface area (Å²) < 4.78 is 0. The van der Waals surface area contributed by atoms with Gasteiger partial charge in [-0.3, -0.25) is 56.5 Å². The van der Waals surface area contributed by atoms with E-state index in [0.717, 1.165) is 12.4 Å². The number of para-hydroxylation sites is 1. The molecule has 0 bridgehead atoms. The summed E-state index contributed by atoms with van der Waals surface area (Å²) in [5, 5.41) is 22.6. The van der Waals surface area contributed by atoms with Crippen molar-refractivity contribution in [3.63, 3.8) is 0 Å². The number of amides is 2. The van der Waals surface area contributed by atoms with E-state index in [0.29, 0.717) is 0 Å². The molecule has 3 rings (SSSR count). The Labute approximate surface area is 178 Å². The standard InChI is InChI=1S/C17H13N9O6/c27-16(10-5-1-2-7-12(10)25(29)30)23-21-14-13(26(31)32)15(20-9-19-14)22-24-17(28)11-6-3-4-8-18-11/h1-9H,(H,23,27)(H,24,28)(H2,19,20,21,22). The summed E-state index contributed by atoms with van der Waals surface area (Å²) in [6.07, 6.45) is 2.32. The van der Waals surface area contributed by atoms with Gasteiger partial charge in [-0.2, -0.15) is 0 Å². The van der Waals surface area contributed by atoms with Crippen molar-refractivity contribution in [3.05, 3.63) is 86.5 Å². The number of hydrazine groups is 2. The van der Waals surface area contributed by atoms with Crippen LogP contribution in [-0.4, -0.2) is 36.6 Å². The molecule has 0 saturated heterocycles. The first kappa shape index (κ1) is 21.5. The minimum Gasteiger partial charge on any atom is -0.276 e. The Morgan fingerprint density at radius 1 is 0.781 bits per heavy atom. The fourth-order valence-electron chi connectivity index (χ4n) is 2.42. The van der Waals surface area contributed by atoms with Crippen LogP contribution >= 0.6 is 0 Å². The zero-order chi connectivity index (χ0) is 23.1. The molecule has 2 aromatic heterocycles. The van der Waals surface area contributed by atoms with Crippen LogP contribution in [0, 0.1) is 20.2 Å². The summed E-state index contributed by atoms with van der Waals surface area (Å²) in [5.74, 6) is -2.44. The van der Waals surface area contributed by atoms with E-state index in [9.17, 15) is 29.8 Å². The molecule has 0 spiro atoms. The van der Waals surface area contributed by atoms with Gasteiger partial charge in [0.05, 0.1) is 9.85 Å². The molecular formula is C17H13N9O6. The number of nitrogens with one attached hydrogen (secondary N) is 4. The molecule has 0 radical (unpaired) electrons. The van der Waals surface area contributed by atoms with Gasteiger partial charge in [0.2, 0.25) is 11.6 Å². The number of hydrogen-bond donors (Lipinski definition) is 4. The Hall–Kier alpha value is -5.21. The first-order valence-corrected chi connectivity index (χ1v) is 8.65. The van der Waals surface area contributed by atoms with Gasteiger partial charge >= 0.3 is 5.69 Å². The largest absolute Gasteiger partial charge is 0.356 e. The van der Waals surface area contributed by atoms with Crippen molar-refractivity contribution in [2.75, 3.05) is 10.9 Å². The lowest BCUT2D eigenvalue weighted by atomic mass is 10.2. The van der Waals surface area contributed by atoms with E-state index in [1.165, 1.54) is 30.5 Å². The number of anilines is 2. The molecule has 0 unspecified atom stereocenters. The van der Waals surface area contributed by atoms with Crippen molar-refractivity contribution in [1.82, 2.24) is 25.8 Å². The van der Waals surface area contributed by atoms with E-state index in [4.69, 9.17) is 0 Å². The highest BCUT2D eigenvalue weighted by Crippen LogP contribution is 2.28. The average molecular weight is 439 g/mol. The van der Waals surface area contributed by atoms with Crippen LogP contribution < -0.4 is 21.7 Å². The summed E-state index contributed by atoms with van der Waals surface area (Å²) in [5.41, 5.74) is 7.47. The maximum atomic E-state index is 12.3. The summed E-state index contributed by atoms with van der Waals surface area (Å²) in [6.45, 7) is 0. The van der Waals surface area contributed by atoms with Crippen LogP contribution in [0.1, 0.15) is 20.8 Å². The van der Waals surface area contributed by atoms with Gasteiger partial charge in [-0.15, -0.1) is 0 Å². The predicted molar refractivity (Wildman–Crippen MR) is 108 cm³/mol. The zero-order valence-electron chi connectivity index (χ0n) is 15.9. The minimum absolute atomic E-state index is 0.0479. The number of nitrogens with zero attached hydrogens (tertiary/aromatic N) is 5. The van der Waals surface area contributed by atoms with Gasteiger partial charge in [-0.25, -0.2) is 9.97 Å². The third-order valence-electron chi connectivity index (χ3n) is 3.84. The Kier molecular flexibility index (Phi) is 6.40. The molecule has 0 aliphatic rings. The number of nitro benzene ring substituents is 1. The summed E-state index contributed by atoms with van der Waals surface area (Å²) in [7, 11) is 0. The van der Waals surface area contributed by atoms with Crippen molar-refractivity contribution < 1.29 is 19.4 Å². The Bertz CT molecular complexity index is 1190. The molecule has 15 heteroatoms. The van der Waals surface area contributed by atoms with Crippen molar-refractivity contribution in [2.24, 2.45) is 0 Å². The van der Waals surface area contributed by atoms with E-state index >= 15 is 0 Å². The molecule has 0 saturated carbocycles. The SMILES string of the molecule is O=C(NNc1ncnc(NNC(=O)c2ccccc2[N+](=O)[O-])c1[N+](=O)[O-])c1ccccn1.